The van der Waals surface area contributed by atoms with E-state index in [1.807, 2.05) is 6.92 Å². The molecule has 0 fully saturated rings. The van der Waals surface area contributed by atoms with E-state index < -0.39 is 0 Å². The van der Waals surface area contributed by atoms with Gasteiger partial charge in [0.25, 0.3) is 0 Å². The Bertz CT molecular complexity index is 474. The topological polar surface area (TPSA) is 78.9 Å². The van der Waals surface area contributed by atoms with Gasteiger partial charge in [-0.1, -0.05) is 24.2 Å². The second-order valence-corrected chi connectivity index (χ2v) is 4.66. The number of halogens is 1. The number of nitrogens with zero attached hydrogens (tertiary/aromatic N) is 2. The average Bonchev–Trinajstić information content (AvgIpc) is 2.45. The zero-order valence-electron chi connectivity index (χ0n) is 11.7. The Morgan fingerprint density at radius 3 is 2.55 bits per heavy atom. The van der Waals surface area contributed by atoms with Crippen molar-refractivity contribution in [2.24, 2.45) is 16.8 Å². The van der Waals surface area contributed by atoms with E-state index in [1.54, 1.807) is 24.0 Å². The molecule has 0 spiro atoms. The maximum absolute atomic E-state index is 12.8. The first-order valence-corrected chi connectivity index (χ1v) is 6.47. The van der Waals surface area contributed by atoms with Gasteiger partial charge in [0.15, 0.2) is 0 Å². The summed E-state index contributed by atoms with van der Waals surface area (Å²) in [7, 11) is 0. The van der Waals surface area contributed by atoms with E-state index in [0.717, 1.165) is 5.56 Å². The molecular weight excluding hydrogens is 261 g/mol. The molecule has 0 aromatic heterocycles. The lowest BCUT2D eigenvalue weighted by Gasteiger charge is -2.24. The Labute approximate surface area is 117 Å². The van der Waals surface area contributed by atoms with Crippen LogP contribution in [0.25, 0.3) is 0 Å². The molecule has 1 unspecified atom stereocenters. The number of carbonyl (C=O) groups is 1. The first kappa shape index (κ1) is 15.9. The van der Waals surface area contributed by atoms with E-state index >= 15 is 0 Å². The molecule has 0 aliphatic carbocycles. The predicted molar refractivity (Wildman–Crippen MR) is 74.9 cm³/mol. The van der Waals surface area contributed by atoms with Gasteiger partial charge < -0.3 is 15.8 Å². The zero-order chi connectivity index (χ0) is 15.1. The number of nitrogens with two attached hydrogens (primary N) is 1. The number of likely N-dealkylation sites (N-methyl/N-ethyl adjacent to an activating group) is 1. The van der Waals surface area contributed by atoms with Gasteiger partial charge in [-0.25, -0.2) is 4.39 Å². The Balaban J connectivity index is 2.65. The van der Waals surface area contributed by atoms with Crippen LogP contribution in [0.2, 0.25) is 0 Å². The van der Waals surface area contributed by atoms with E-state index in [1.165, 1.54) is 12.1 Å². The number of rotatable bonds is 6. The van der Waals surface area contributed by atoms with Gasteiger partial charge in [-0.2, -0.15) is 0 Å². The number of amides is 1. The summed E-state index contributed by atoms with van der Waals surface area (Å²) in [6, 6.07) is 5.85. The molecule has 20 heavy (non-hydrogen) atoms. The van der Waals surface area contributed by atoms with Crippen LogP contribution in [0.4, 0.5) is 4.39 Å². The van der Waals surface area contributed by atoms with Crippen molar-refractivity contribution in [1.82, 2.24) is 4.90 Å². The quantitative estimate of drug-likeness (QED) is 0.360. The third-order valence-corrected chi connectivity index (χ3v) is 3.12. The Morgan fingerprint density at radius 2 is 2.05 bits per heavy atom. The molecule has 1 amide bonds. The molecule has 0 bridgehead atoms. The van der Waals surface area contributed by atoms with Crippen molar-refractivity contribution in [2.45, 2.75) is 20.3 Å². The zero-order valence-corrected chi connectivity index (χ0v) is 11.7. The van der Waals surface area contributed by atoms with Crippen LogP contribution in [0.1, 0.15) is 19.4 Å². The lowest BCUT2D eigenvalue weighted by atomic mass is 10.1. The van der Waals surface area contributed by atoms with Crippen LogP contribution >= 0.6 is 0 Å². The summed E-state index contributed by atoms with van der Waals surface area (Å²) in [5.41, 5.74) is 6.27. The standard InChI is InChI=1S/C14H20FN3O2/c1-3-18(9-10(2)14(16)17-20)13(19)8-11-4-6-12(15)7-5-11/h4-7,10,20H,3,8-9H2,1-2H3,(H2,16,17). The lowest BCUT2D eigenvalue weighted by molar-refractivity contribution is -0.130. The van der Waals surface area contributed by atoms with Crippen LogP contribution in [-0.4, -0.2) is 34.9 Å². The minimum absolute atomic E-state index is 0.0725. The van der Waals surface area contributed by atoms with E-state index in [4.69, 9.17) is 10.9 Å². The molecule has 1 aromatic carbocycles. The minimum Gasteiger partial charge on any atom is -0.409 e. The Morgan fingerprint density at radius 1 is 1.45 bits per heavy atom. The highest BCUT2D eigenvalue weighted by Crippen LogP contribution is 2.07. The minimum atomic E-state index is -0.325. The Hall–Kier alpha value is -2.11. The van der Waals surface area contributed by atoms with Crippen LogP contribution in [0.3, 0.4) is 0 Å². The van der Waals surface area contributed by atoms with E-state index in [0.29, 0.717) is 13.1 Å². The molecule has 0 aliphatic heterocycles. The molecule has 1 aromatic rings. The molecule has 1 atom stereocenters. The number of benzene rings is 1. The summed E-state index contributed by atoms with van der Waals surface area (Å²) >= 11 is 0. The van der Waals surface area contributed by atoms with Gasteiger partial charge in [-0.15, -0.1) is 0 Å². The molecule has 0 saturated carbocycles. The molecule has 0 heterocycles. The van der Waals surface area contributed by atoms with E-state index in [2.05, 4.69) is 5.16 Å². The number of hydrogen-bond acceptors (Lipinski definition) is 3. The van der Waals surface area contributed by atoms with Crippen LogP contribution in [0.15, 0.2) is 29.4 Å². The largest absolute Gasteiger partial charge is 0.409 e. The van der Waals surface area contributed by atoms with Crippen LogP contribution in [0.5, 0.6) is 0 Å². The molecular formula is C14H20FN3O2. The van der Waals surface area contributed by atoms with E-state index in [9.17, 15) is 9.18 Å². The molecule has 0 radical (unpaired) electrons. The van der Waals surface area contributed by atoms with Crippen molar-refractivity contribution in [3.05, 3.63) is 35.6 Å². The molecule has 0 aliphatic rings. The van der Waals surface area contributed by atoms with Gasteiger partial charge in [0.05, 0.1) is 6.42 Å². The van der Waals surface area contributed by atoms with Crippen molar-refractivity contribution in [2.75, 3.05) is 13.1 Å². The van der Waals surface area contributed by atoms with Gasteiger partial charge in [-0.05, 0) is 24.6 Å². The first-order chi connectivity index (χ1) is 9.47. The predicted octanol–water partition coefficient (Wildman–Crippen LogP) is 1.60. The van der Waals surface area contributed by atoms with Crippen molar-refractivity contribution < 1.29 is 14.4 Å². The molecule has 5 nitrogen and oxygen atoms in total. The fourth-order valence-electron chi connectivity index (χ4n) is 1.82. The fraction of sp³-hybridized carbons (Fsp3) is 0.429. The van der Waals surface area contributed by atoms with Crippen molar-refractivity contribution in [1.29, 1.82) is 0 Å². The first-order valence-electron chi connectivity index (χ1n) is 6.47. The van der Waals surface area contributed by atoms with Crippen molar-refractivity contribution >= 4 is 11.7 Å². The lowest BCUT2D eigenvalue weighted by Crippen LogP contribution is -2.39. The molecule has 6 heteroatoms. The van der Waals surface area contributed by atoms with Crippen LogP contribution < -0.4 is 5.73 Å². The van der Waals surface area contributed by atoms with E-state index in [-0.39, 0.29) is 29.9 Å². The maximum atomic E-state index is 12.8. The fourth-order valence-corrected chi connectivity index (χ4v) is 1.82. The van der Waals surface area contributed by atoms with Crippen LogP contribution in [-0.2, 0) is 11.2 Å². The number of oxime groups is 1. The number of hydrogen-bond donors (Lipinski definition) is 2. The summed E-state index contributed by atoms with van der Waals surface area (Å²) in [5, 5.41) is 11.6. The van der Waals surface area contributed by atoms with Crippen LogP contribution in [0, 0.1) is 11.7 Å². The maximum Gasteiger partial charge on any atom is 0.227 e. The second-order valence-electron chi connectivity index (χ2n) is 4.66. The SMILES string of the molecule is CCN(CC(C)C(N)=NO)C(=O)Cc1ccc(F)cc1. The Kier molecular flexibility index (Phi) is 5.96. The highest BCUT2D eigenvalue weighted by Gasteiger charge is 2.17. The summed E-state index contributed by atoms with van der Waals surface area (Å²) in [4.78, 5) is 13.8. The third kappa shape index (κ3) is 4.53. The van der Waals surface area contributed by atoms with Gasteiger partial charge in [-0.3, -0.25) is 4.79 Å². The number of amidine groups is 1. The third-order valence-electron chi connectivity index (χ3n) is 3.12. The summed E-state index contributed by atoms with van der Waals surface area (Å²) in [5.74, 6) is -0.527. The molecule has 3 N–H and O–H groups in total. The van der Waals surface area contributed by atoms with Gasteiger partial charge in [0, 0.05) is 19.0 Å². The molecule has 1 rings (SSSR count). The number of carbonyl (C=O) groups excluding carboxylic acids is 1. The molecule has 110 valence electrons. The molecule has 0 saturated heterocycles. The van der Waals surface area contributed by atoms with Crippen molar-refractivity contribution in [3.8, 4) is 0 Å². The highest BCUT2D eigenvalue weighted by atomic mass is 19.1. The summed E-state index contributed by atoms with van der Waals surface area (Å²) in [6.45, 7) is 4.56. The summed E-state index contributed by atoms with van der Waals surface area (Å²) < 4.78 is 12.8. The van der Waals surface area contributed by atoms with Gasteiger partial charge >= 0.3 is 0 Å². The monoisotopic (exact) mass is 281 g/mol. The average molecular weight is 281 g/mol. The smallest absolute Gasteiger partial charge is 0.227 e. The van der Waals surface area contributed by atoms with Crippen molar-refractivity contribution in [3.63, 3.8) is 0 Å². The second kappa shape index (κ2) is 7.47. The van der Waals surface area contributed by atoms with Gasteiger partial charge in [0.1, 0.15) is 11.7 Å². The normalized spacial score (nSPS) is 13.1. The summed E-state index contributed by atoms with van der Waals surface area (Å²) in [6.07, 6.45) is 0.205. The van der Waals surface area contributed by atoms with Gasteiger partial charge in [0.2, 0.25) is 5.91 Å². The highest BCUT2D eigenvalue weighted by molar-refractivity contribution is 5.83.